The lowest BCUT2D eigenvalue weighted by Gasteiger charge is -2.18. The van der Waals surface area contributed by atoms with Crippen LogP contribution >= 0.6 is 0 Å². The van der Waals surface area contributed by atoms with Crippen molar-refractivity contribution in [3.05, 3.63) is 47.9 Å². The van der Waals surface area contributed by atoms with Crippen molar-refractivity contribution in [3.8, 4) is 0 Å². The quantitative estimate of drug-likeness (QED) is 0.741. The van der Waals surface area contributed by atoms with Crippen LogP contribution in [0.25, 0.3) is 0 Å². The first-order chi connectivity index (χ1) is 6.74. The van der Waals surface area contributed by atoms with Gasteiger partial charge >= 0.3 is 0 Å². The fourth-order valence-electron chi connectivity index (χ4n) is 1.12. The number of alkyl halides is 1. The molecule has 0 aliphatic heterocycles. The zero-order valence-electron chi connectivity index (χ0n) is 8.28. The standard InChI is InChI=1S/C11H15FN2/c1-14(9-8-12)11-5-3-2-4-10(13)6-7-11/h2-7H,8-9,13H2,1H3/b3-2?,4-2-,5-3-,7-6?,10-4?,10-6+,11-5?,11-7+. The van der Waals surface area contributed by atoms with Crippen LogP contribution in [0.5, 0.6) is 0 Å². The Kier molecular flexibility index (Phi) is 3.98. The molecule has 0 unspecified atom stereocenters. The molecule has 14 heavy (non-hydrogen) atoms. The molecule has 0 amide bonds. The van der Waals surface area contributed by atoms with E-state index in [1.165, 1.54) is 0 Å². The molecule has 0 saturated carbocycles. The normalized spacial score (nSPS) is 27.6. The Morgan fingerprint density at radius 1 is 1.29 bits per heavy atom. The molecule has 0 heterocycles. The Balaban J connectivity index is 2.77. The molecule has 0 radical (unpaired) electrons. The van der Waals surface area contributed by atoms with Crippen LogP contribution in [-0.4, -0.2) is 25.2 Å². The largest absolute Gasteiger partial charge is 0.399 e. The van der Waals surface area contributed by atoms with Gasteiger partial charge in [-0.25, -0.2) is 4.39 Å². The van der Waals surface area contributed by atoms with E-state index < -0.39 is 0 Å². The van der Waals surface area contributed by atoms with Crippen molar-refractivity contribution >= 4 is 0 Å². The first kappa shape index (κ1) is 10.6. The summed E-state index contributed by atoms with van der Waals surface area (Å²) in [5.41, 5.74) is 7.29. The van der Waals surface area contributed by atoms with E-state index >= 15 is 0 Å². The molecule has 0 bridgehead atoms. The van der Waals surface area contributed by atoms with E-state index in [1.54, 1.807) is 0 Å². The third-order valence-electron chi connectivity index (χ3n) is 1.97. The summed E-state index contributed by atoms with van der Waals surface area (Å²) in [5.74, 6) is 0. The zero-order valence-corrected chi connectivity index (χ0v) is 8.28. The predicted molar refractivity (Wildman–Crippen MR) is 57.2 cm³/mol. The first-order valence-electron chi connectivity index (χ1n) is 4.53. The molecular formula is C11H15FN2. The molecule has 2 nitrogen and oxygen atoms in total. The Hall–Kier alpha value is -1.51. The lowest BCUT2D eigenvalue weighted by Crippen LogP contribution is -2.19. The number of allylic oxidation sites excluding steroid dienone is 6. The van der Waals surface area contributed by atoms with E-state index in [2.05, 4.69) is 0 Å². The smallest absolute Gasteiger partial charge is 0.107 e. The molecule has 1 rings (SSSR count). The van der Waals surface area contributed by atoms with Gasteiger partial charge in [0.05, 0.1) is 0 Å². The molecule has 0 saturated heterocycles. The van der Waals surface area contributed by atoms with Crippen molar-refractivity contribution < 1.29 is 4.39 Å². The van der Waals surface area contributed by atoms with Gasteiger partial charge in [-0.2, -0.15) is 0 Å². The van der Waals surface area contributed by atoms with Crippen LogP contribution in [0.4, 0.5) is 4.39 Å². The summed E-state index contributed by atoms with van der Waals surface area (Å²) in [6.45, 7) is 0.0460. The highest BCUT2D eigenvalue weighted by molar-refractivity contribution is 5.33. The van der Waals surface area contributed by atoms with Crippen molar-refractivity contribution in [2.45, 2.75) is 0 Å². The SMILES string of the molecule is CN(CCF)C1=C/C=C(N)\C=C/C=C\1. The lowest BCUT2D eigenvalue weighted by atomic mass is 10.2. The van der Waals surface area contributed by atoms with Gasteiger partial charge in [0.25, 0.3) is 0 Å². The number of nitrogens with zero attached hydrogens (tertiary/aromatic N) is 1. The Morgan fingerprint density at radius 2 is 2.00 bits per heavy atom. The summed E-state index contributed by atoms with van der Waals surface area (Å²) in [7, 11) is 1.85. The van der Waals surface area contributed by atoms with Gasteiger partial charge in [0.15, 0.2) is 0 Å². The molecule has 0 aromatic heterocycles. The highest BCUT2D eigenvalue weighted by atomic mass is 19.1. The Bertz CT molecular complexity index is 300. The zero-order chi connectivity index (χ0) is 10.4. The highest BCUT2D eigenvalue weighted by Crippen LogP contribution is 2.07. The molecule has 1 aliphatic rings. The van der Waals surface area contributed by atoms with Crippen molar-refractivity contribution in [1.82, 2.24) is 4.90 Å². The van der Waals surface area contributed by atoms with Crippen molar-refractivity contribution in [2.75, 3.05) is 20.3 Å². The van der Waals surface area contributed by atoms with Gasteiger partial charge in [-0.1, -0.05) is 12.2 Å². The van der Waals surface area contributed by atoms with Crippen molar-refractivity contribution in [2.24, 2.45) is 5.73 Å². The van der Waals surface area contributed by atoms with Crippen LogP contribution in [0.3, 0.4) is 0 Å². The van der Waals surface area contributed by atoms with Crippen LogP contribution in [0.15, 0.2) is 47.9 Å². The topological polar surface area (TPSA) is 29.3 Å². The van der Waals surface area contributed by atoms with Gasteiger partial charge in [0.1, 0.15) is 6.67 Å². The molecule has 3 heteroatoms. The van der Waals surface area contributed by atoms with Gasteiger partial charge in [0, 0.05) is 25.0 Å². The number of likely N-dealkylation sites (N-methyl/N-ethyl adjacent to an activating group) is 1. The van der Waals surface area contributed by atoms with Gasteiger partial charge in [0.2, 0.25) is 0 Å². The second-order valence-electron chi connectivity index (χ2n) is 3.09. The van der Waals surface area contributed by atoms with Gasteiger partial charge < -0.3 is 10.6 Å². The Morgan fingerprint density at radius 3 is 2.71 bits per heavy atom. The van der Waals surface area contributed by atoms with Crippen LogP contribution in [0.1, 0.15) is 0 Å². The summed E-state index contributed by atoms with van der Waals surface area (Å²) in [4.78, 5) is 1.85. The minimum atomic E-state index is -0.350. The predicted octanol–water partition coefficient (Wildman–Crippen LogP) is 1.74. The second-order valence-corrected chi connectivity index (χ2v) is 3.09. The monoisotopic (exact) mass is 194 g/mol. The van der Waals surface area contributed by atoms with Gasteiger partial charge in [-0.15, -0.1) is 0 Å². The maximum atomic E-state index is 12.1. The molecule has 0 atom stereocenters. The van der Waals surface area contributed by atoms with E-state index in [0.29, 0.717) is 12.2 Å². The fraction of sp³-hybridized carbons (Fsp3) is 0.273. The summed E-state index contributed by atoms with van der Waals surface area (Å²) in [6, 6.07) is 0. The van der Waals surface area contributed by atoms with Crippen molar-refractivity contribution in [1.29, 1.82) is 0 Å². The second kappa shape index (κ2) is 5.27. The molecule has 2 N–H and O–H groups in total. The van der Waals surface area contributed by atoms with E-state index in [0.717, 1.165) is 5.70 Å². The number of hydrogen-bond acceptors (Lipinski definition) is 2. The van der Waals surface area contributed by atoms with Crippen LogP contribution < -0.4 is 5.73 Å². The third-order valence-corrected chi connectivity index (χ3v) is 1.97. The maximum absolute atomic E-state index is 12.1. The van der Waals surface area contributed by atoms with E-state index in [4.69, 9.17) is 5.73 Å². The minimum Gasteiger partial charge on any atom is -0.399 e. The van der Waals surface area contributed by atoms with Gasteiger partial charge in [-0.3, -0.25) is 0 Å². The van der Waals surface area contributed by atoms with E-state index in [-0.39, 0.29) is 6.67 Å². The third kappa shape index (κ3) is 3.09. The van der Waals surface area contributed by atoms with Crippen LogP contribution in [0.2, 0.25) is 0 Å². The van der Waals surface area contributed by atoms with Crippen LogP contribution in [-0.2, 0) is 0 Å². The fourth-order valence-corrected chi connectivity index (χ4v) is 1.12. The molecule has 0 aromatic rings. The number of hydrogen-bond donors (Lipinski definition) is 1. The average molecular weight is 194 g/mol. The summed E-state index contributed by atoms with van der Waals surface area (Å²) >= 11 is 0. The molecule has 0 fully saturated rings. The number of halogens is 1. The number of nitrogens with two attached hydrogens (primary N) is 1. The van der Waals surface area contributed by atoms with Crippen molar-refractivity contribution in [3.63, 3.8) is 0 Å². The highest BCUT2D eigenvalue weighted by Gasteiger charge is 1.99. The average Bonchev–Trinajstić information content (AvgIpc) is 2.12. The van der Waals surface area contributed by atoms with E-state index in [9.17, 15) is 4.39 Å². The first-order valence-corrected chi connectivity index (χ1v) is 4.53. The molecule has 1 aliphatic carbocycles. The van der Waals surface area contributed by atoms with Crippen LogP contribution in [0, 0.1) is 0 Å². The molecule has 0 aromatic carbocycles. The van der Waals surface area contributed by atoms with E-state index in [1.807, 2.05) is 48.4 Å². The summed E-state index contributed by atoms with van der Waals surface area (Å²) < 4.78 is 12.1. The summed E-state index contributed by atoms with van der Waals surface area (Å²) in [6.07, 6.45) is 11.2. The number of rotatable bonds is 3. The molecule has 76 valence electrons. The molecular weight excluding hydrogens is 179 g/mol. The lowest BCUT2D eigenvalue weighted by molar-refractivity contribution is 0.358. The van der Waals surface area contributed by atoms with Gasteiger partial charge in [-0.05, 0) is 24.3 Å². The summed E-state index contributed by atoms with van der Waals surface area (Å²) in [5, 5.41) is 0. The maximum Gasteiger partial charge on any atom is 0.107 e. The minimum absolute atomic E-state index is 0.350. The molecule has 0 spiro atoms. The Labute approximate surface area is 83.9 Å².